The van der Waals surface area contributed by atoms with Crippen LogP contribution in [0.15, 0.2) is 24.3 Å². The highest BCUT2D eigenvalue weighted by Crippen LogP contribution is 2.22. The molecule has 2 rings (SSSR count). The van der Waals surface area contributed by atoms with Crippen LogP contribution in [0.5, 0.6) is 0 Å². The first-order valence-corrected chi connectivity index (χ1v) is 5.39. The quantitative estimate of drug-likeness (QED) is 0.830. The predicted molar refractivity (Wildman–Crippen MR) is 63.7 cm³/mol. The highest BCUT2D eigenvalue weighted by Gasteiger charge is 2.06. The number of nitrogens with one attached hydrogen (secondary N) is 1. The molecule has 1 aromatic heterocycles. The van der Waals surface area contributed by atoms with E-state index in [1.54, 1.807) is 0 Å². The molecule has 3 nitrogen and oxygen atoms in total. The molecule has 2 aromatic rings. The van der Waals surface area contributed by atoms with Crippen molar-refractivity contribution >= 4 is 16.9 Å². The molecular weight excluding hydrogens is 202 g/mol. The maximum atomic E-state index is 10.6. The number of aromatic amines is 1. The van der Waals surface area contributed by atoms with E-state index in [2.05, 4.69) is 31.0 Å². The second kappa shape index (κ2) is 4.00. The number of fused-ring (bicyclic) bond motifs is 1. The van der Waals surface area contributed by atoms with Crippen molar-refractivity contribution in [1.29, 1.82) is 0 Å². The summed E-state index contributed by atoms with van der Waals surface area (Å²) in [4.78, 5) is 13.7. The van der Waals surface area contributed by atoms with Gasteiger partial charge in [-0.3, -0.25) is 4.79 Å². The fourth-order valence-electron chi connectivity index (χ4n) is 1.83. The minimum atomic E-state index is -0.810. The van der Waals surface area contributed by atoms with Gasteiger partial charge in [-0.15, -0.1) is 0 Å². The Balaban J connectivity index is 2.41. The maximum Gasteiger partial charge on any atom is 0.309 e. The van der Waals surface area contributed by atoms with E-state index in [-0.39, 0.29) is 6.42 Å². The third-order valence-corrected chi connectivity index (χ3v) is 2.71. The second-order valence-corrected chi connectivity index (χ2v) is 4.37. The van der Waals surface area contributed by atoms with E-state index in [1.165, 1.54) is 5.56 Å². The lowest BCUT2D eigenvalue weighted by Crippen LogP contribution is -1.99. The molecule has 0 bridgehead atoms. The Bertz CT molecular complexity index is 526. The second-order valence-electron chi connectivity index (χ2n) is 4.37. The summed E-state index contributed by atoms with van der Waals surface area (Å²) < 4.78 is 0. The molecule has 0 saturated carbocycles. The van der Waals surface area contributed by atoms with E-state index in [1.807, 2.05) is 12.1 Å². The number of hydrogen-bond donors (Lipinski definition) is 2. The summed E-state index contributed by atoms with van der Waals surface area (Å²) in [5, 5.41) is 9.80. The van der Waals surface area contributed by atoms with Gasteiger partial charge in [-0.05, 0) is 35.1 Å². The molecule has 0 aliphatic rings. The lowest BCUT2D eigenvalue weighted by Gasteiger charge is -2.03. The Kier molecular flexibility index (Phi) is 2.69. The molecule has 0 fully saturated rings. The van der Waals surface area contributed by atoms with Crippen molar-refractivity contribution in [2.24, 2.45) is 0 Å². The standard InChI is InChI=1S/C13H15NO2/c1-8(2)9-3-4-12-10(5-9)6-11(14-12)7-13(15)16/h3-6,8,14H,7H2,1-2H3,(H,15,16). The van der Waals surface area contributed by atoms with Gasteiger partial charge in [0.15, 0.2) is 0 Å². The largest absolute Gasteiger partial charge is 0.481 e. The fraction of sp³-hybridized carbons (Fsp3) is 0.308. The fourth-order valence-corrected chi connectivity index (χ4v) is 1.83. The Labute approximate surface area is 94.1 Å². The molecule has 1 heterocycles. The summed E-state index contributed by atoms with van der Waals surface area (Å²) >= 11 is 0. The van der Waals surface area contributed by atoms with Gasteiger partial charge < -0.3 is 10.1 Å². The third kappa shape index (κ3) is 2.08. The van der Waals surface area contributed by atoms with E-state index < -0.39 is 5.97 Å². The minimum Gasteiger partial charge on any atom is -0.481 e. The van der Waals surface area contributed by atoms with Gasteiger partial charge in [0.2, 0.25) is 0 Å². The molecule has 3 heteroatoms. The van der Waals surface area contributed by atoms with Gasteiger partial charge in [-0.25, -0.2) is 0 Å². The summed E-state index contributed by atoms with van der Waals surface area (Å²) in [7, 11) is 0. The Morgan fingerprint density at radius 1 is 1.38 bits per heavy atom. The highest BCUT2D eigenvalue weighted by molar-refractivity contribution is 5.83. The summed E-state index contributed by atoms with van der Waals surface area (Å²) in [5.41, 5.74) is 3.03. The average molecular weight is 217 g/mol. The first kappa shape index (κ1) is 10.7. The van der Waals surface area contributed by atoms with Crippen LogP contribution in [0.4, 0.5) is 0 Å². The molecule has 84 valence electrons. The van der Waals surface area contributed by atoms with Crippen LogP contribution in [0.25, 0.3) is 10.9 Å². The molecule has 0 saturated heterocycles. The van der Waals surface area contributed by atoms with Gasteiger partial charge in [-0.1, -0.05) is 19.9 Å². The smallest absolute Gasteiger partial charge is 0.309 e. The van der Waals surface area contributed by atoms with E-state index in [0.29, 0.717) is 5.92 Å². The molecule has 0 spiro atoms. The summed E-state index contributed by atoms with van der Waals surface area (Å²) in [6, 6.07) is 8.11. The molecule has 0 atom stereocenters. The molecule has 0 aliphatic heterocycles. The number of carboxylic acids is 1. The van der Waals surface area contributed by atoms with E-state index in [0.717, 1.165) is 16.6 Å². The van der Waals surface area contributed by atoms with E-state index in [9.17, 15) is 4.79 Å². The zero-order valence-corrected chi connectivity index (χ0v) is 9.45. The predicted octanol–water partition coefficient (Wildman–Crippen LogP) is 2.92. The number of hydrogen-bond acceptors (Lipinski definition) is 1. The Hall–Kier alpha value is -1.77. The Morgan fingerprint density at radius 3 is 2.75 bits per heavy atom. The number of carboxylic acid groups (broad SMARTS) is 1. The van der Waals surface area contributed by atoms with Crippen molar-refractivity contribution in [2.75, 3.05) is 0 Å². The number of aliphatic carboxylic acids is 1. The van der Waals surface area contributed by atoms with E-state index in [4.69, 9.17) is 5.11 Å². The van der Waals surface area contributed by atoms with Crippen LogP contribution in [-0.4, -0.2) is 16.1 Å². The van der Waals surface area contributed by atoms with Gasteiger partial charge in [0, 0.05) is 11.2 Å². The molecule has 0 radical (unpaired) electrons. The summed E-state index contributed by atoms with van der Waals surface area (Å²) in [6.07, 6.45) is 0.0473. The van der Waals surface area contributed by atoms with Gasteiger partial charge in [0.25, 0.3) is 0 Å². The van der Waals surface area contributed by atoms with Crippen LogP contribution in [-0.2, 0) is 11.2 Å². The number of benzene rings is 1. The van der Waals surface area contributed by atoms with Crippen LogP contribution < -0.4 is 0 Å². The SMILES string of the molecule is CC(C)c1ccc2[nH]c(CC(=O)O)cc2c1. The molecule has 0 aliphatic carbocycles. The molecule has 1 aromatic carbocycles. The Morgan fingerprint density at radius 2 is 2.12 bits per heavy atom. The normalized spacial score (nSPS) is 11.2. The maximum absolute atomic E-state index is 10.6. The topological polar surface area (TPSA) is 53.1 Å². The van der Waals surface area contributed by atoms with Gasteiger partial charge in [-0.2, -0.15) is 0 Å². The molecule has 0 unspecified atom stereocenters. The highest BCUT2D eigenvalue weighted by atomic mass is 16.4. The molecule has 0 amide bonds. The molecule has 16 heavy (non-hydrogen) atoms. The van der Waals surface area contributed by atoms with Crippen LogP contribution in [0, 0.1) is 0 Å². The van der Waals surface area contributed by atoms with Gasteiger partial charge >= 0.3 is 5.97 Å². The minimum absolute atomic E-state index is 0.0473. The monoisotopic (exact) mass is 217 g/mol. The van der Waals surface area contributed by atoms with Crippen LogP contribution in [0.3, 0.4) is 0 Å². The van der Waals surface area contributed by atoms with Crippen molar-refractivity contribution < 1.29 is 9.90 Å². The zero-order chi connectivity index (χ0) is 11.7. The van der Waals surface area contributed by atoms with Gasteiger partial charge in [0.05, 0.1) is 6.42 Å². The number of H-pyrrole nitrogens is 1. The summed E-state index contributed by atoms with van der Waals surface area (Å²) in [5.74, 6) is -0.321. The van der Waals surface area contributed by atoms with Crippen LogP contribution in [0.2, 0.25) is 0 Å². The van der Waals surface area contributed by atoms with Crippen molar-refractivity contribution in [3.8, 4) is 0 Å². The van der Waals surface area contributed by atoms with Crippen molar-refractivity contribution in [1.82, 2.24) is 4.98 Å². The average Bonchev–Trinajstić information content (AvgIpc) is 2.56. The number of rotatable bonds is 3. The van der Waals surface area contributed by atoms with Crippen molar-refractivity contribution in [3.05, 3.63) is 35.5 Å². The van der Waals surface area contributed by atoms with Crippen molar-refractivity contribution in [3.63, 3.8) is 0 Å². The van der Waals surface area contributed by atoms with Crippen LogP contribution >= 0.6 is 0 Å². The third-order valence-electron chi connectivity index (χ3n) is 2.71. The lowest BCUT2D eigenvalue weighted by atomic mass is 10.0. The zero-order valence-electron chi connectivity index (χ0n) is 9.45. The molecule has 2 N–H and O–H groups in total. The summed E-state index contributed by atoms with van der Waals surface area (Å²) in [6.45, 7) is 4.29. The molecular formula is C13H15NO2. The van der Waals surface area contributed by atoms with Crippen molar-refractivity contribution in [2.45, 2.75) is 26.2 Å². The lowest BCUT2D eigenvalue weighted by molar-refractivity contribution is -0.136. The number of aromatic nitrogens is 1. The number of carbonyl (C=O) groups is 1. The van der Waals surface area contributed by atoms with E-state index >= 15 is 0 Å². The van der Waals surface area contributed by atoms with Crippen LogP contribution in [0.1, 0.15) is 31.0 Å². The first-order valence-electron chi connectivity index (χ1n) is 5.39. The first-order chi connectivity index (χ1) is 7.56. The van der Waals surface area contributed by atoms with Gasteiger partial charge in [0.1, 0.15) is 0 Å².